The quantitative estimate of drug-likeness (QED) is 0.857. The monoisotopic (exact) mass is 341 g/mol. The van der Waals surface area contributed by atoms with Crippen LogP contribution in [0, 0.1) is 17.8 Å². The Labute approximate surface area is 149 Å². The summed E-state index contributed by atoms with van der Waals surface area (Å²) in [4.78, 5) is 25.7. The van der Waals surface area contributed by atoms with Crippen molar-refractivity contribution < 1.29 is 14.3 Å². The molecule has 2 fully saturated rings. The van der Waals surface area contributed by atoms with Gasteiger partial charge < -0.3 is 10.1 Å². The van der Waals surface area contributed by atoms with Gasteiger partial charge in [-0.2, -0.15) is 0 Å². The van der Waals surface area contributed by atoms with Crippen molar-refractivity contribution in [3.63, 3.8) is 0 Å². The van der Waals surface area contributed by atoms with E-state index in [4.69, 9.17) is 4.74 Å². The maximum absolute atomic E-state index is 13.0. The Hall–Kier alpha value is -1.84. The molecule has 3 aliphatic rings. The minimum atomic E-state index is -0.923. The molecular formula is C21H27NO3. The lowest BCUT2D eigenvalue weighted by Gasteiger charge is -2.44. The Morgan fingerprint density at radius 2 is 1.72 bits per heavy atom. The molecule has 1 aromatic carbocycles. The molecule has 0 aromatic heterocycles. The van der Waals surface area contributed by atoms with Gasteiger partial charge in [0.25, 0.3) is 0 Å². The highest BCUT2D eigenvalue weighted by Gasteiger charge is 2.48. The molecule has 2 saturated carbocycles. The van der Waals surface area contributed by atoms with Crippen molar-refractivity contribution in [1.29, 1.82) is 0 Å². The average Bonchev–Trinajstić information content (AvgIpc) is 2.95. The van der Waals surface area contributed by atoms with Gasteiger partial charge in [0, 0.05) is 18.8 Å². The third-order valence-corrected chi connectivity index (χ3v) is 6.55. The van der Waals surface area contributed by atoms with Gasteiger partial charge in [-0.1, -0.05) is 24.3 Å². The Balaban J connectivity index is 1.51. The van der Waals surface area contributed by atoms with Crippen molar-refractivity contribution in [1.82, 2.24) is 5.32 Å². The number of rotatable bonds is 4. The van der Waals surface area contributed by atoms with Crippen LogP contribution in [0.2, 0.25) is 0 Å². The Morgan fingerprint density at radius 3 is 2.28 bits per heavy atom. The number of carbonyl (C=O) groups is 2. The largest absolute Gasteiger partial charge is 0.464 e. The van der Waals surface area contributed by atoms with Gasteiger partial charge in [0.05, 0.1) is 6.61 Å². The van der Waals surface area contributed by atoms with Crippen LogP contribution in [0.5, 0.6) is 0 Å². The summed E-state index contributed by atoms with van der Waals surface area (Å²) in [5.74, 6) is 1.38. The van der Waals surface area contributed by atoms with Gasteiger partial charge in [-0.3, -0.25) is 4.79 Å². The van der Waals surface area contributed by atoms with E-state index in [0.717, 1.165) is 42.2 Å². The molecule has 4 nitrogen and oxygen atoms in total. The first-order valence-electron chi connectivity index (χ1n) is 9.67. The minimum absolute atomic E-state index is 0.0474. The van der Waals surface area contributed by atoms with Crippen molar-refractivity contribution in [2.24, 2.45) is 17.8 Å². The van der Waals surface area contributed by atoms with Gasteiger partial charge in [0.15, 0.2) is 0 Å². The van der Waals surface area contributed by atoms with E-state index in [-0.39, 0.29) is 17.8 Å². The van der Waals surface area contributed by atoms with Gasteiger partial charge in [-0.25, -0.2) is 4.79 Å². The van der Waals surface area contributed by atoms with Crippen LogP contribution in [0.25, 0.3) is 0 Å². The summed E-state index contributed by atoms with van der Waals surface area (Å²) in [6.07, 6.45) is 6.78. The van der Waals surface area contributed by atoms with Crippen LogP contribution in [0.3, 0.4) is 0 Å². The second-order valence-corrected chi connectivity index (χ2v) is 8.02. The molecule has 3 unspecified atom stereocenters. The molecule has 1 amide bonds. The maximum Gasteiger partial charge on any atom is 0.332 e. The van der Waals surface area contributed by atoms with Gasteiger partial charge in [0.2, 0.25) is 5.91 Å². The van der Waals surface area contributed by atoms with E-state index >= 15 is 0 Å². The predicted molar refractivity (Wildman–Crippen MR) is 94.9 cm³/mol. The molecule has 4 rings (SSSR count). The van der Waals surface area contributed by atoms with E-state index < -0.39 is 5.54 Å². The molecule has 0 aliphatic heterocycles. The van der Waals surface area contributed by atoms with Crippen LogP contribution < -0.4 is 5.32 Å². The first-order chi connectivity index (χ1) is 12.1. The standard InChI is InChI=1S/C21H27NO3/c1-2-25-20(24)21(12-17-5-3-4-6-18(17)13-21)22-19(23)16-10-8-14-7-9-15(14)11-16/h3-6,14-16H,2,7-13H2,1H3,(H,22,23). The molecule has 25 heavy (non-hydrogen) atoms. The Kier molecular flexibility index (Phi) is 4.30. The van der Waals surface area contributed by atoms with Crippen molar-refractivity contribution in [2.75, 3.05) is 6.61 Å². The highest BCUT2D eigenvalue weighted by atomic mass is 16.5. The van der Waals surface area contributed by atoms with E-state index in [2.05, 4.69) is 5.32 Å². The third-order valence-electron chi connectivity index (χ3n) is 6.55. The summed E-state index contributed by atoms with van der Waals surface area (Å²) < 4.78 is 5.34. The van der Waals surface area contributed by atoms with E-state index in [1.807, 2.05) is 31.2 Å². The summed E-state index contributed by atoms with van der Waals surface area (Å²) in [5, 5.41) is 3.14. The zero-order chi connectivity index (χ0) is 17.4. The lowest BCUT2D eigenvalue weighted by atomic mass is 9.62. The molecule has 0 spiro atoms. The van der Waals surface area contributed by atoms with E-state index in [1.165, 1.54) is 12.8 Å². The fourth-order valence-corrected chi connectivity index (χ4v) is 4.97. The fraction of sp³-hybridized carbons (Fsp3) is 0.619. The first-order valence-corrected chi connectivity index (χ1v) is 9.67. The van der Waals surface area contributed by atoms with Crippen LogP contribution in [0.4, 0.5) is 0 Å². The van der Waals surface area contributed by atoms with Crippen LogP contribution in [0.15, 0.2) is 24.3 Å². The number of carbonyl (C=O) groups excluding carboxylic acids is 2. The van der Waals surface area contributed by atoms with Gasteiger partial charge >= 0.3 is 5.97 Å². The predicted octanol–water partition coefficient (Wildman–Crippen LogP) is 3.03. The zero-order valence-corrected chi connectivity index (χ0v) is 14.9. The lowest BCUT2D eigenvalue weighted by molar-refractivity contribution is -0.154. The molecule has 1 aromatic rings. The normalized spacial score (nSPS) is 29.1. The number of hydrogen-bond acceptors (Lipinski definition) is 3. The number of esters is 1. The van der Waals surface area contributed by atoms with Crippen LogP contribution in [-0.4, -0.2) is 24.0 Å². The van der Waals surface area contributed by atoms with Crippen LogP contribution >= 0.6 is 0 Å². The van der Waals surface area contributed by atoms with E-state index in [9.17, 15) is 9.59 Å². The van der Waals surface area contributed by atoms with Gasteiger partial charge in [-0.05, 0) is 62.0 Å². The number of amides is 1. The summed E-state index contributed by atoms with van der Waals surface area (Å²) in [5.41, 5.74) is 1.35. The molecule has 0 bridgehead atoms. The molecule has 0 saturated heterocycles. The Bertz CT molecular complexity index is 658. The average molecular weight is 341 g/mol. The molecule has 134 valence electrons. The highest BCUT2D eigenvalue weighted by molar-refractivity contribution is 5.90. The summed E-state index contributed by atoms with van der Waals surface area (Å²) in [6.45, 7) is 2.15. The minimum Gasteiger partial charge on any atom is -0.464 e. The summed E-state index contributed by atoms with van der Waals surface area (Å²) >= 11 is 0. The molecule has 0 heterocycles. The maximum atomic E-state index is 13.0. The van der Waals surface area contributed by atoms with E-state index in [0.29, 0.717) is 19.4 Å². The fourth-order valence-electron chi connectivity index (χ4n) is 4.97. The number of benzene rings is 1. The van der Waals surface area contributed by atoms with Gasteiger partial charge in [0.1, 0.15) is 5.54 Å². The lowest BCUT2D eigenvalue weighted by Crippen LogP contribution is -2.58. The van der Waals surface area contributed by atoms with E-state index in [1.54, 1.807) is 0 Å². The van der Waals surface area contributed by atoms with Crippen LogP contribution in [0.1, 0.15) is 50.2 Å². The number of fused-ring (bicyclic) bond motifs is 2. The van der Waals surface area contributed by atoms with Gasteiger partial charge in [-0.15, -0.1) is 0 Å². The number of ether oxygens (including phenoxy) is 1. The highest BCUT2D eigenvalue weighted by Crippen LogP contribution is 2.47. The SMILES string of the molecule is CCOC(=O)C1(NC(=O)C2CCC3CCC3C2)Cc2ccccc2C1. The topological polar surface area (TPSA) is 55.4 Å². The van der Waals surface area contributed by atoms with Crippen molar-refractivity contribution in [2.45, 2.75) is 57.4 Å². The summed E-state index contributed by atoms with van der Waals surface area (Å²) in [7, 11) is 0. The number of hydrogen-bond donors (Lipinski definition) is 1. The molecule has 4 heteroatoms. The second-order valence-electron chi connectivity index (χ2n) is 8.02. The molecule has 0 radical (unpaired) electrons. The molecule has 3 aliphatic carbocycles. The zero-order valence-electron chi connectivity index (χ0n) is 14.9. The Morgan fingerprint density at radius 1 is 1.08 bits per heavy atom. The second kappa shape index (κ2) is 6.47. The van der Waals surface area contributed by atoms with Crippen molar-refractivity contribution >= 4 is 11.9 Å². The molecule has 3 atom stereocenters. The number of nitrogens with one attached hydrogen (secondary N) is 1. The van der Waals surface area contributed by atoms with Crippen molar-refractivity contribution in [3.8, 4) is 0 Å². The summed E-state index contributed by atoms with van der Waals surface area (Å²) in [6, 6.07) is 8.06. The third kappa shape index (κ3) is 2.96. The molecular weight excluding hydrogens is 314 g/mol. The smallest absolute Gasteiger partial charge is 0.332 e. The van der Waals surface area contributed by atoms with Crippen LogP contribution in [-0.2, 0) is 27.2 Å². The molecule has 1 N–H and O–H groups in total. The van der Waals surface area contributed by atoms with Crippen molar-refractivity contribution in [3.05, 3.63) is 35.4 Å². The first kappa shape index (κ1) is 16.6.